The number of benzene rings is 1. The molecule has 1 atom stereocenters. The zero-order valence-electron chi connectivity index (χ0n) is 12.1. The molecule has 0 saturated heterocycles. The number of hydrogen-bond acceptors (Lipinski definition) is 2. The van der Waals surface area contributed by atoms with E-state index in [-0.39, 0.29) is 5.82 Å². The molecular formula is C16H22FN3. The van der Waals surface area contributed by atoms with Crippen molar-refractivity contribution in [2.24, 2.45) is 11.7 Å². The lowest BCUT2D eigenvalue weighted by molar-refractivity contribution is 0.471. The van der Waals surface area contributed by atoms with Gasteiger partial charge in [-0.1, -0.05) is 26.0 Å². The molecule has 0 spiro atoms. The second kappa shape index (κ2) is 6.66. The third-order valence-electron chi connectivity index (χ3n) is 3.71. The highest BCUT2D eigenvalue weighted by Gasteiger charge is 2.18. The van der Waals surface area contributed by atoms with Gasteiger partial charge in [-0.3, -0.25) is 0 Å². The van der Waals surface area contributed by atoms with Crippen LogP contribution in [0.2, 0.25) is 0 Å². The first-order chi connectivity index (χ1) is 9.61. The summed E-state index contributed by atoms with van der Waals surface area (Å²) in [7, 11) is 0. The molecule has 0 aliphatic rings. The van der Waals surface area contributed by atoms with E-state index in [1.807, 2.05) is 18.6 Å². The highest BCUT2D eigenvalue weighted by Crippen LogP contribution is 2.23. The molecule has 3 nitrogen and oxygen atoms in total. The molecule has 2 rings (SSSR count). The normalized spacial score (nSPS) is 12.8. The number of nitrogens with two attached hydrogens (primary N) is 1. The lowest BCUT2D eigenvalue weighted by Gasteiger charge is -2.20. The number of aromatic nitrogens is 2. The predicted octanol–water partition coefficient (Wildman–Crippen LogP) is 2.96. The van der Waals surface area contributed by atoms with Gasteiger partial charge in [-0.25, -0.2) is 9.37 Å². The van der Waals surface area contributed by atoms with Crippen molar-refractivity contribution in [1.29, 1.82) is 0 Å². The quantitative estimate of drug-likeness (QED) is 0.881. The van der Waals surface area contributed by atoms with E-state index in [0.717, 1.165) is 18.5 Å². The van der Waals surface area contributed by atoms with Crippen molar-refractivity contribution in [3.05, 3.63) is 53.9 Å². The van der Waals surface area contributed by atoms with Gasteiger partial charge in [0.25, 0.3) is 0 Å². The molecule has 20 heavy (non-hydrogen) atoms. The number of nitrogens with zero attached hydrogens (tertiary/aromatic N) is 2. The SMILES string of the molecule is CC(C)C(CN)c1cncn1CCc1cccc(F)c1. The number of imidazole rings is 1. The molecule has 0 aliphatic carbocycles. The van der Waals surface area contributed by atoms with E-state index in [4.69, 9.17) is 5.73 Å². The van der Waals surface area contributed by atoms with Crippen LogP contribution in [0.3, 0.4) is 0 Å². The lowest BCUT2D eigenvalue weighted by atomic mass is 9.93. The minimum absolute atomic E-state index is 0.185. The number of aryl methyl sites for hydroxylation is 2. The van der Waals surface area contributed by atoms with Crippen molar-refractivity contribution in [2.75, 3.05) is 6.54 Å². The summed E-state index contributed by atoms with van der Waals surface area (Å²) in [6.45, 7) is 5.74. The Morgan fingerprint density at radius 3 is 2.80 bits per heavy atom. The molecule has 4 heteroatoms. The molecule has 1 heterocycles. The Morgan fingerprint density at radius 1 is 1.35 bits per heavy atom. The smallest absolute Gasteiger partial charge is 0.123 e. The molecule has 2 N–H and O–H groups in total. The van der Waals surface area contributed by atoms with Gasteiger partial charge in [0.15, 0.2) is 0 Å². The second-order valence-corrected chi connectivity index (χ2v) is 5.48. The van der Waals surface area contributed by atoms with Gasteiger partial charge >= 0.3 is 0 Å². The average Bonchev–Trinajstić information content (AvgIpc) is 2.85. The third-order valence-corrected chi connectivity index (χ3v) is 3.71. The van der Waals surface area contributed by atoms with Gasteiger partial charge in [-0.05, 0) is 30.0 Å². The van der Waals surface area contributed by atoms with Crippen LogP contribution in [-0.4, -0.2) is 16.1 Å². The molecule has 0 saturated carbocycles. The minimum atomic E-state index is -0.185. The second-order valence-electron chi connectivity index (χ2n) is 5.48. The maximum absolute atomic E-state index is 13.2. The molecule has 0 amide bonds. The highest BCUT2D eigenvalue weighted by atomic mass is 19.1. The molecule has 0 aliphatic heterocycles. The summed E-state index contributed by atoms with van der Waals surface area (Å²) in [5.74, 6) is 0.602. The number of halogens is 1. The zero-order chi connectivity index (χ0) is 14.5. The molecule has 0 radical (unpaired) electrons. The fraction of sp³-hybridized carbons (Fsp3) is 0.438. The lowest BCUT2D eigenvalue weighted by Crippen LogP contribution is -2.21. The van der Waals surface area contributed by atoms with Crippen LogP contribution in [0.4, 0.5) is 4.39 Å². The number of rotatable bonds is 6. The van der Waals surface area contributed by atoms with Crippen LogP contribution in [0.15, 0.2) is 36.8 Å². The van der Waals surface area contributed by atoms with E-state index in [9.17, 15) is 4.39 Å². The van der Waals surface area contributed by atoms with Gasteiger partial charge in [0.1, 0.15) is 5.82 Å². The van der Waals surface area contributed by atoms with Gasteiger partial charge in [-0.15, -0.1) is 0 Å². The van der Waals surface area contributed by atoms with Gasteiger partial charge in [0.05, 0.1) is 6.33 Å². The first-order valence-corrected chi connectivity index (χ1v) is 7.06. The molecule has 2 aromatic rings. The summed E-state index contributed by atoms with van der Waals surface area (Å²) in [6.07, 6.45) is 4.51. The summed E-state index contributed by atoms with van der Waals surface area (Å²) < 4.78 is 15.3. The molecule has 0 fully saturated rings. The van der Waals surface area contributed by atoms with Crippen LogP contribution >= 0.6 is 0 Å². The van der Waals surface area contributed by atoms with Crippen LogP contribution < -0.4 is 5.73 Å². The Kier molecular flexibility index (Phi) is 4.90. The van der Waals surface area contributed by atoms with Crippen molar-refractivity contribution < 1.29 is 4.39 Å². The summed E-state index contributed by atoms with van der Waals surface area (Å²) in [5.41, 5.74) is 8.03. The standard InChI is InChI=1S/C16H22FN3/c1-12(2)15(9-18)16-10-19-11-20(16)7-6-13-4-3-5-14(17)8-13/h3-5,8,10-12,15H,6-7,9,18H2,1-2H3. The summed E-state index contributed by atoms with van der Waals surface area (Å²) in [6, 6.07) is 6.74. The molecule has 0 bridgehead atoms. The summed E-state index contributed by atoms with van der Waals surface area (Å²) in [4.78, 5) is 4.24. The van der Waals surface area contributed by atoms with Crippen molar-refractivity contribution in [1.82, 2.24) is 9.55 Å². The molecule has 108 valence electrons. The van der Waals surface area contributed by atoms with E-state index >= 15 is 0 Å². The zero-order valence-corrected chi connectivity index (χ0v) is 12.1. The first-order valence-electron chi connectivity index (χ1n) is 7.06. The van der Waals surface area contributed by atoms with E-state index in [2.05, 4.69) is 23.4 Å². The minimum Gasteiger partial charge on any atom is -0.334 e. The third kappa shape index (κ3) is 3.45. The van der Waals surface area contributed by atoms with Crippen LogP contribution in [-0.2, 0) is 13.0 Å². The van der Waals surface area contributed by atoms with Crippen LogP contribution in [0.1, 0.15) is 31.0 Å². The summed E-state index contributed by atoms with van der Waals surface area (Å²) in [5, 5.41) is 0. The van der Waals surface area contributed by atoms with E-state index in [0.29, 0.717) is 18.4 Å². The summed E-state index contributed by atoms with van der Waals surface area (Å²) >= 11 is 0. The molecule has 1 aromatic carbocycles. The van der Waals surface area contributed by atoms with Crippen molar-refractivity contribution in [3.8, 4) is 0 Å². The Hall–Kier alpha value is -1.68. The Bertz CT molecular complexity index is 548. The fourth-order valence-electron chi connectivity index (χ4n) is 2.50. The van der Waals surface area contributed by atoms with Gasteiger partial charge in [0.2, 0.25) is 0 Å². The maximum Gasteiger partial charge on any atom is 0.123 e. The van der Waals surface area contributed by atoms with Crippen LogP contribution in [0, 0.1) is 11.7 Å². The number of hydrogen-bond donors (Lipinski definition) is 1. The predicted molar refractivity (Wildman–Crippen MR) is 79.0 cm³/mol. The Balaban J connectivity index is 2.09. The van der Waals surface area contributed by atoms with Crippen molar-refractivity contribution in [2.45, 2.75) is 32.7 Å². The Morgan fingerprint density at radius 2 is 2.15 bits per heavy atom. The monoisotopic (exact) mass is 275 g/mol. The first kappa shape index (κ1) is 14.7. The molecule has 1 aromatic heterocycles. The van der Waals surface area contributed by atoms with E-state index < -0.39 is 0 Å². The molecular weight excluding hydrogens is 253 g/mol. The van der Waals surface area contributed by atoms with Gasteiger partial charge in [0, 0.05) is 30.9 Å². The molecule has 1 unspecified atom stereocenters. The highest BCUT2D eigenvalue weighted by molar-refractivity contribution is 5.17. The van der Waals surface area contributed by atoms with Crippen LogP contribution in [0.25, 0.3) is 0 Å². The van der Waals surface area contributed by atoms with Gasteiger partial charge in [-0.2, -0.15) is 0 Å². The average molecular weight is 275 g/mol. The van der Waals surface area contributed by atoms with E-state index in [1.54, 1.807) is 12.1 Å². The van der Waals surface area contributed by atoms with Crippen molar-refractivity contribution in [3.63, 3.8) is 0 Å². The van der Waals surface area contributed by atoms with E-state index in [1.165, 1.54) is 11.8 Å². The topological polar surface area (TPSA) is 43.8 Å². The maximum atomic E-state index is 13.2. The Labute approximate surface area is 119 Å². The fourth-order valence-corrected chi connectivity index (χ4v) is 2.50. The van der Waals surface area contributed by atoms with Gasteiger partial charge < -0.3 is 10.3 Å². The van der Waals surface area contributed by atoms with Crippen molar-refractivity contribution >= 4 is 0 Å². The largest absolute Gasteiger partial charge is 0.334 e. The van der Waals surface area contributed by atoms with Crippen LogP contribution in [0.5, 0.6) is 0 Å².